The first kappa shape index (κ1) is 7.53. The number of nitrogens with zero attached hydrogens (tertiary/aromatic N) is 2. The fourth-order valence-electron chi connectivity index (χ4n) is 0.780. The van der Waals surface area contributed by atoms with Crippen LogP contribution in [0.15, 0.2) is 23.6 Å². The summed E-state index contributed by atoms with van der Waals surface area (Å²) in [4.78, 5) is 15.0. The van der Waals surface area contributed by atoms with E-state index in [4.69, 9.17) is 0 Å². The van der Waals surface area contributed by atoms with Gasteiger partial charge in [0.15, 0.2) is 0 Å². The third-order valence-corrected chi connectivity index (χ3v) is 1.29. The van der Waals surface area contributed by atoms with Gasteiger partial charge in [-0.2, -0.15) is 0 Å². The fraction of sp³-hybridized carbons (Fsp3) is 0.143. The van der Waals surface area contributed by atoms with Gasteiger partial charge in [-0.05, 0) is 0 Å². The van der Waals surface area contributed by atoms with Crippen molar-refractivity contribution in [3.63, 3.8) is 0 Å². The van der Waals surface area contributed by atoms with Crippen molar-refractivity contribution < 1.29 is 0 Å². The number of nitrogens with one attached hydrogen (secondary N) is 1. The Labute approximate surface area is 64.2 Å². The number of aromatic nitrogens is 2. The van der Waals surface area contributed by atoms with Crippen LogP contribution in [0, 0.1) is 0 Å². The van der Waals surface area contributed by atoms with Gasteiger partial charge in [0.2, 0.25) is 5.95 Å². The predicted molar refractivity (Wildman–Crippen MR) is 44.4 cm³/mol. The van der Waals surface area contributed by atoms with Crippen molar-refractivity contribution in [2.24, 2.45) is 0 Å². The first-order valence-electron chi connectivity index (χ1n) is 3.17. The van der Waals surface area contributed by atoms with Crippen LogP contribution < -0.4 is 10.9 Å². The van der Waals surface area contributed by atoms with E-state index in [2.05, 4.69) is 16.9 Å². The molecule has 0 unspecified atom stereocenters. The molecule has 1 rings (SSSR count). The van der Waals surface area contributed by atoms with E-state index < -0.39 is 0 Å². The van der Waals surface area contributed by atoms with E-state index in [-0.39, 0.29) is 5.56 Å². The molecule has 1 N–H and O–H groups in total. The SMILES string of the molecule is C=Cn1c(NC)nccc1=O. The molecule has 0 amide bonds. The van der Waals surface area contributed by atoms with Crippen LogP contribution in [-0.4, -0.2) is 16.6 Å². The molecule has 11 heavy (non-hydrogen) atoms. The Kier molecular flexibility index (Phi) is 2.06. The highest BCUT2D eigenvalue weighted by Crippen LogP contribution is 1.95. The molecular weight excluding hydrogens is 142 g/mol. The molecule has 58 valence electrons. The smallest absolute Gasteiger partial charge is 0.258 e. The van der Waals surface area contributed by atoms with E-state index in [1.807, 2.05) is 0 Å². The second-order valence-electron chi connectivity index (χ2n) is 1.91. The normalized spacial score (nSPS) is 9.18. The van der Waals surface area contributed by atoms with Gasteiger partial charge in [-0.1, -0.05) is 6.58 Å². The lowest BCUT2D eigenvalue weighted by Gasteiger charge is -2.03. The maximum absolute atomic E-state index is 11.0. The van der Waals surface area contributed by atoms with Crippen molar-refractivity contribution in [3.8, 4) is 0 Å². The Hall–Kier alpha value is -1.58. The molecule has 0 fully saturated rings. The molecule has 0 spiro atoms. The van der Waals surface area contributed by atoms with Crippen molar-refractivity contribution in [3.05, 3.63) is 29.2 Å². The third kappa shape index (κ3) is 1.29. The Balaban J connectivity index is 3.36. The largest absolute Gasteiger partial charge is 0.358 e. The monoisotopic (exact) mass is 151 g/mol. The Bertz CT molecular complexity index is 316. The molecule has 1 aromatic rings. The predicted octanol–water partition coefficient (Wildman–Crippen LogP) is 0.385. The summed E-state index contributed by atoms with van der Waals surface area (Å²) in [5.41, 5.74) is -0.139. The quantitative estimate of drug-likeness (QED) is 0.665. The highest BCUT2D eigenvalue weighted by Gasteiger charge is 1.96. The summed E-state index contributed by atoms with van der Waals surface area (Å²) in [6.45, 7) is 3.48. The second kappa shape index (κ2) is 3.01. The van der Waals surface area contributed by atoms with Crippen LogP contribution in [0.25, 0.3) is 6.20 Å². The van der Waals surface area contributed by atoms with Crippen LogP contribution in [0.4, 0.5) is 5.95 Å². The zero-order valence-corrected chi connectivity index (χ0v) is 6.24. The fourth-order valence-corrected chi connectivity index (χ4v) is 0.780. The third-order valence-electron chi connectivity index (χ3n) is 1.29. The molecule has 4 nitrogen and oxygen atoms in total. The van der Waals surface area contributed by atoms with Gasteiger partial charge in [-0.15, -0.1) is 0 Å². The lowest BCUT2D eigenvalue weighted by atomic mass is 10.6. The van der Waals surface area contributed by atoms with Crippen LogP contribution in [0.3, 0.4) is 0 Å². The van der Waals surface area contributed by atoms with Crippen LogP contribution in [-0.2, 0) is 0 Å². The van der Waals surface area contributed by atoms with E-state index >= 15 is 0 Å². The summed E-state index contributed by atoms with van der Waals surface area (Å²) >= 11 is 0. The zero-order chi connectivity index (χ0) is 8.27. The summed E-state index contributed by atoms with van der Waals surface area (Å²) in [7, 11) is 1.70. The van der Waals surface area contributed by atoms with Crippen LogP contribution in [0.1, 0.15) is 0 Å². The number of hydrogen-bond acceptors (Lipinski definition) is 3. The molecule has 0 atom stereocenters. The van der Waals surface area contributed by atoms with E-state index in [9.17, 15) is 4.79 Å². The minimum absolute atomic E-state index is 0.139. The number of anilines is 1. The Morgan fingerprint density at radius 1 is 1.82 bits per heavy atom. The van der Waals surface area contributed by atoms with Crippen LogP contribution in [0.5, 0.6) is 0 Å². The first-order valence-corrected chi connectivity index (χ1v) is 3.17. The number of hydrogen-bond donors (Lipinski definition) is 1. The van der Waals surface area contributed by atoms with Gasteiger partial charge in [-0.3, -0.25) is 9.36 Å². The van der Waals surface area contributed by atoms with Gasteiger partial charge < -0.3 is 5.32 Å². The van der Waals surface area contributed by atoms with E-state index in [1.165, 1.54) is 23.0 Å². The molecule has 4 heteroatoms. The molecule has 0 aliphatic heterocycles. The molecule has 1 aromatic heterocycles. The van der Waals surface area contributed by atoms with Gasteiger partial charge in [0.25, 0.3) is 5.56 Å². The van der Waals surface area contributed by atoms with Gasteiger partial charge >= 0.3 is 0 Å². The molecule has 0 aliphatic carbocycles. The first-order chi connectivity index (χ1) is 5.29. The molecular formula is C7H9N3O. The average molecular weight is 151 g/mol. The maximum Gasteiger partial charge on any atom is 0.258 e. The zero-order valence-electron chi connectivity index (χ0n) is 6.24. The highest BCUT2D eigenvalue weighted by atomic mass is 16.1. The molecule has 0 saturated carbocycles. The van der Waals surface area contributed by atoms with Crippen molar-refractivity contribution in [1.82, 2.24) is 9.55 Å². The van der Waals surface area contributed by atoms with E-state index in [0.717, 1.165) is 0 Å². The lowest BCUT2D eigenvalue weighted by Crippen LogP contribution is -2.17. The topological polar surface area (TPSA) is 46.9 Å². The van der Waals surface area contributed by atoms with Crippen molar-refractivity contribution in [2.45, 2.75) is 0 Å². The van der Waals surface area contributed by atoms with Gasteiger partial charge in [0, 0.05) is 25.5 Å². The summed E-state index contributed by atoms with van der Waals surface area (Å²) in [6.07, 6.45) is 2.87. The maximum atomic E-state index is 11.0. The molecule has 0 saturated heterocycles. The van der Waals surface area contributed by atoms with Gasteiger partial charge in [0.05, 0.1) is 0 Å². The summed E-state index contributed by atoms with van der Waals surface area (Å²) in [6, 6.07) is 1.38. The summed E-state index contributed by atoms with van der Waals surface area (Å²) < 4.78 is 1.33. The molecule has 0 aromatic carbocycles. The van der Waals surface area contributed by atoms with Crippen LogP contribution >= 0.6 is 0 Å². The van der Waals surface area contributed by atoms with Crippen molar-refractivity contribution in [1.29, 1.82) is 0 Å². The van der Waals surface area contributed by atoms with E-state index in [1.54, 1.807) is 7.05 Å². The second-order valence-corrected chi connectivity index (χ2v) is 1.91. The lowest BCUT2D eigenvalue weighted by molar-refractivity contribution is 0.993. The van der Waals surface area contributed by atoms with Crippen LogP contribution in [0.2, 0.25) is 0 Å². The number of rotatable bonds is 2. The Morgan fingerprint density at radius 3 is 3.00 bits per heavy atom. The van der Waals surface area contributed by atoms with Crippen molar-refractivity contribution in [2.75, 3.05) is 12.4 Å². The summed E-state index contributed by atoms with van der Waals surface area (Å²) in [5.74, 6) is 0.493. The molecule has 0 radical (unpaired) electrons. The highest BCUT2D eigenvalue weighted by molar-refractivity contribution is 5.34. The molecule has 1 heterocycles. The summed E-state index contributed by atoms with van der Waals surface area (Å²) in [5, 5.41) is 2.77. The van der Waals surface area contributed by atoms with E-state index in [0.29, 0.717) is 5.95 Å². The average Bonchev–Trinajstić information content (AvgIpc) is 2.04. The van der Waals surface area contributed by atoms with Gasteiger partial charge in [0.1, 0.15) is 0 Å². The molecule has 0 bridgehead atoms. The Morgan fingerprint density at radius 2 is 2.55 bits per heavy atom. The van der Waals surface area contributed by atoms with Crippen molar-refractivity contribution >= 4 is 12.1 Å². The van der Waals surface area contributed by atoms with Gasteiger partial charge in [-0.25, -0.2) is 4.98 Å². The minimum Gasteiger partial charge on any atom is -0.358 e. The standard InChI is InChI=1S/C7H9N3O/c1-3-10-6(11)4-5-9-7(10)8-2/h3-5H,1H2,2H3,(H,8,9). The minimum atomic E-state index is -0.139. The molecule has 0 aliphatic rings.